The summed E-state index contributed by atoms with van der Waals surface area (Å²) in [5.74, 6) is 1.36. The molecule has 4 atom stereocenters. The van der Waals surface area contributed by atoms with Crippen LogP contribution in [0.5, 0.6) is 5.75 Å². The van der Waals surface area contributed by atoms with Crippen LogP contribution >= 0.6 is 0 Å². The van der Waals surface area contributed by atoms with Crippen LogP contribution in [0.3, 0.4) is 0 Å². The molecule has 4 unspecified atom stereocenters. The van der Waals surface area contributed by atoms with Crippen molar-refractivity contribution in [2.75, 3.05) is 6.61 Å². The first-order valence-electron chi connectivity index (χ1n) is 9.89. The molecule has 0 saturated heterocycles. The van der Waals surface area contributed by atoms with Crippen LogP contribution in [-0.2, 0) is 9.53 Å². The summed E-state index contributed by atoms with van der Waals surface area (Å²) in [4.78, 5) is 25.3. The van der Waals surface area contributed by atoms with Gasteiger partial charge in [0.25, 0.3) is 5.56 Å². The number of rotatable bonds is 7. The topological polar surface area (TPSA) is 57.5 Å². The average molecular weight is 363 g/mol. The summed E-state index contributed by atoms with van der Waals surface area (Å²) in [6.07, 6.45) is 5.55. The van der Waals surface area contributed by atoms with Crippen molar-refractivity contribution < 1.29 is 14.3 Å². The highest BCUT2D eigenvalue weighted by Gasteiger charge is 2.34. The molecule has 0 bridgehead atoms. The fourth-order valence-electron chi connectivity index (χ4n) is 3.73. The molecule has 1 aromatic heterocycles. The minimum atomic E-state index is -0.669. The fraction of sp³-hybridized carbons (Fsp3) is 0.714. The molecule has 5 nitrogen and oxygen atoms in total. The second kappa shape index (κ2) is 9.24. The van der Waals surface area contributed by atoms with Crippen molar-refractivity contribution in [1.82, 2.24) is 4.57 Å². The van der Waals surface area contributed by atoms with Crippen LogP contribution in [0, 0.1) is 17.8 Å². The molecule has 0 amide bonds. The highest BCUT2D eigenvalue weighted by molar-refractivity contribution is 5.74. The molecule has 1 aromatic rings. The Morgan fingerprint density at radius 2 is 2.04 bits per heavy atom. The molecule has 1 aliphatic carbocycles. The van der Waals surface area contributed by atoms with Crippen molar-refractivity contribution in [3.8, 4) is 5.75 Å². The molecule has 0 N–H and O–H groups in total. The molecule has 26 heavy (non-hydrogen) atoms. The van der Waals surface area contributed by atoms with E-state index in [-0.39, 0.29) is 23.4 Å². The van der Waals surface area contributed by atoms with Gasteiger partial charge in [-0.05, 0) is 56.1 Å². The maximum atomic E-state index is 12.7. The molecular weight excluding hydrogens is 330 g/mol. The van der Waals surface area contributed by atoms with Crippen molar-refractivity contribution in [2.45, 2.75) is 72.4 Å². The molecule has 0 aliphatic heterocycles. The van der Waals surface area contributed by atoms with E-state index in [9.17, 15) is 9.59 Å². The van der Waals surface area contributed by atoms with Crippen LogP contribution < -0.4 is 10.3 Å². The summed E-state index contributed by atoms with van der Waals surface area (Å²) < 4.78 is 12.8. The Kier molecular flexibility index (Phi) is 7.30. The first kappa shape index (κ1) is 20.5. The second-order valence-electron chi connectivity index (χ2n) is 7.91. The molecule has 1 fully saturated rings. The fourth-order valence-corrected chi connectivity index (χ4v) is 3.73. The van der Waals surface area contributed by atoms with Gasteiger partial charge in [0.15, 0.2) is 5.75 Å². The highest BCUT2D eigenvalue weighted by Crippen LogP contribution is 2.35. The number of esters is 1. The van der Waals surface area contributed by atoms with Crippen LogP contribution in [0.15, 0.2) is 23.1 Å². The normalized spacial score (nSPS) is 24.3. The third kappa shape index (κ3) is 4.89. The summed E-state index contributed by atoms with van der Waals surface area (Å²) >= 11 is 0. The Morgan fingerprint density at radius 3 is 2.69 bits per heavy atom. The third-order valence-electron chi connectivity index (χ3n) is 5.39. The number of carbonyl (C=O) groups excluding carboxylic acids is 1. The summed E-state index contributed by atoms with van der Waals surface area (Å²) in [7, 11) is 0. The van der Waals surface area contributed by atoms with Crippen LogP contribution in [-0.4, -0.2) is 23.2 Å². The van der Waals surface area contributed by atoms with Gasteiger partial charge < -0.3 is 9.47 Å². The van der Waals surface area contributed by atoms with E-state index < -0.39 is 6.04 Å². The quantitative estimate of drug-likeness (QED) is 0.681. The number of nitrogens with zero attached hydrogens (tertiary/aromatic N) is 1. The summed E-state index contributed by atoms with van der Waals surface area (Å²) in [5, 5.41) is 0. The standard InChI is InChI=1S/C21H33NO4/c1-6-12-25-18-8-7-11-22(20(18)23)16(5)21(24)26-19-13-15(4)9-10-17(19)14(2)3/h7-8,11,14-17,19H,6,9-10,12-13H2,1-5H3. The first-order valence-corrected chi connectivity index (χ1v) is 9.89. The van der Waals surface area contributed by atoms with E-state index in [1.807, 2.05) is 6.92 Å². The van der Waals surface area contributed by atoms with Gasteiger partial charge in [-0.15, -0.1) is 0 Å². The van der Waals surface area contributed by atoms with Gasteiger partial charge in [0, 0.05) is 6.20 Å². The third-order valence-corrected chi connectivity index (χ3v) is 5.39. The zero-order valence-electron chi connectivity index (χ0n) is 16.7. The van der Waals surface area contributed by atoms with E-state index in [0.29, 0.717) is 24.4 Å². The average Bonchev–Trinajstić information content (AvgIpc) is 2.60. The Morgan fingerprint density at radius 1 is 1.31 bits per heavy atom. The van der Waals surface area contributed by atoms with E-state index in [4.69, 9.17) is 9.47 Å². The lowest BCUT2D eigenvalue weighted by Gasteiger charge is -2.37. The van der Waals surface area contributed by atoms with Gasteiger partial charge in [0.1, 0.15) is 12.1 Å². The highest BCUT2D eigenvalue weighted by atomic mass is 16.5. The smallest absolute Gasteiger partial charge is 0.329 e. The van der Waals surface area contributed by atoms with Gasteiger partial charge in [0.2, 0.25) is 0 Å². The summed E-state index contributed by atoms with van der Waals surface area (Å²) in [6, 6.07) is 2.71. The van der Waals surface area contributed by atoms with Crippen LogP contribution in [0.4, 0.5) is 0 Å². The number of ether oxygens (including phenoxy) is 2. The van der Waals surface area contributed by atoms with Crippen molar-refractivity contribution >= 4 is 5.97 Å². The van der Waals surface area contributed by atoms with Gasteiger partial charge in [-0.1, -0.05) is 34.1 Å². The molecule has 0 radical (unpaired) electrons. The Bertz CT molecular complexity index is 652. The SMILES string of the molecule is CCCOc1cccn(C(C)C(=O)OC2CC(C)CCC2C(C)C)c1=O. The van der Waals surface area contributed by atoms with Crippen molar-refractivity contribution in [2.24, 2.45) is 17.8 Å². The minimum Gasteiger partial charge on any atom is -0.488 e. The number of hydrogen-bond acceptors (Lipinski definition) is 4. The number of aromatic nitrogens is 1. The number of carbonyl (C=O) groups is 1. The second-order valence-corrected chi connectivity index (χ2v) is 7.91. The predicted molar refractivity (Wildman–Crippen MR) is 102 cm³/mol. The Labute approximate surface area is 156 Å². The predicted octanol–water partition coefficient (Wildman–Crippen LogP) is 4.20. The molecule has 146 valence electrons. The molecule has 1 saturated carbocycles. The summed E-state index contributed by atoms with van der Waals surface area (Å²) in [6.45, 7) is 10.8. The van der Waals surface area contributed by atoms with Gasteiger partial charge in [-0.2, -0.15) is 0 Å². The largest absolute Gasteiger partial charge is 0.488 e. The number of hydrogen-bond donors (Lipinski definition) is 0. The molecule has 5 heteroatoms. The van der Waals surface area contributed by atoms with Crippen LogP contribution in [0.2, 0.25) is 0 Å². The lowest BCUT2D eigenvalue weighted by molar-refractivity contribution is -0.159. The molecule has 1 heterocycles. The summed E-state index contributed by atoms with van der Waals surface area (Å²) in [5.41, 5.74) is -0.289. The van der Waals surface area contributed by atoms with E-state index in [1.54, 1.807) is 25.3 Å². The van der Waals surface area contributed by atoms with E-state index in [0.717, 1.165) is 19.3 Å². The van der Waals surface area contributed by atoms with Gasteiger partial charge in [-0.25, -0.2) is 4.79 Å². The Balaban J connectivity index is 2.12. The monoisotopic (exact) mass is 363 g/mol. The lowest BCUT2D eigenvalue weighted by atomic mass is 9.75. The molecule has 2 rings (SSSR count). The van der Waals surface area contributed by atoms with E-state index >= 15 is 0 Å². The van der Waals surface area contributed by atoms with Gasteiger partial charge in [0.05, 0.1) is 6.61 Å². The minimum absolute atomic E-state index is 0.0658. The van der Waals surface area contributed by atoms with E-state index in [2.05, 4.69) is 20.8 Å². The zero-order valence-corrected chi connectivity index (χ0v) is 16.7. The van der Waals surface area contributed by atoms with Crippen molar-refractivity contribution in [3.63, 3.8) is 0 Å². The van der Waals surface area contributed by atoms with Crippen molar-refractivity contribution in [1.29, 1.82) is 0 Å². The molecular formula is C21H33NO4. The zero-order chi connectivity index (χ0) is 19.3. The molecule has 0 aromatic carbocycles. The lowest BCUT2D eigenvalue weighted by Crippen LogP contribution is -2.38. The Hall–Kier alpha value is -1.78. The molecule has 1 aliphatic rings. The molecule has 0 spiro atoms. The maximum Gasteiger partial charge on any atom is 0.329 e. The van der Waals surface area contributed by atoms with Crippen molar-refractivity contribution in [3.05, 3.63) is 28.7 Å². The van der Waals surface area contributed by atoms with Gasteiger partial charge in [-0.3, -0.25) is 9.36 Å². The van der Waals surface area contributed by atoms with E-state index in [1.165, 1.54) is 11.0 Å². The maximum absolute atomic E-state index is 12.7. The van der Waals surface area contributed by atoms with Gasteiger partial charge >= 0.3 is 5.97 Å². The number of pyridine rings is 1. The first-order chi connectivity index (χ1) is 12.3. The van der Waals surface area contributed by atoms with Crippen LogP contribution in [0.1, 0.15) is 66.3 Å². The van der Waals surface area contributed by atoms with Crippen LogP contribution in [0.25, 0.3) is 0 Å².